The highest BCUT2D eigenvalue weighted by Crippen LogP contribution is 2.35. The normalized spacial score (nSPS) is 14.6. The summed E-state index contributed by atoms with van der Waals surface area (Å²) >= 11 is 0.642. The summed E-state index contributed by atoms with van der Waals surface area (Å²) in [7, 11) is 1.38. The summed E-state index contributed by atoms with van der Waals surface area (Å²) in [5.41, 5.74) is 0.569. The van der Waals surface area contributed by atoms with E-state index in [1.165, 1.54) is 31.4 Å². The summed E-state index contributed by atoms with van der Waals surface area (Å²) < 4.78 is 10.5. The Labute approximate surface area is 187 Å². The SMILES string of the molecule is CCOc1ccc(NC(=O)CN2C(=O)S/C(=C/c3cc([N+](=O)[O-])ccc3OC)C2=O)cc1. The predicted octanol–water partition coefficient (Wildman–Crippen LogP) is 3.68. The van der Waals surface area contributed by atoms with Gasteiger partial charge in [-0.3, -0.25) is 29.4 Å². The van der Waals surface area contributed by atoms with Gasteiger partial charge in [-0.05, 0) is 55.1 Å². The molecule has 11 heteroatoms. The zero-order chi connectivity index (χ0) is 23.3. The molecule has 166 valence electrons. The molecule has 3 amide bonds. The molecule has 0 aliphatic carbocycles. The minimum absolute atomic E-state index is 0.0302. The molecule has 1 aliphatic heterocycles. The number of hydrogen-bond donors (Lipinski definition) is 1. The molecule has 0 saturated carbocycles. The molecule has 2 aromatic carbocycles. The first-order valence-electron chi connectivity index (χ1n) is 9.43. The molecular formula is C21H19N3O7S. The van der Waals surface area contributed by atoms with E-state index in [0.717, 1.165) is 4.90 Å². The quantitative estimate of drug-likeness (QED) is 0.361. The predicted molar refractivity (Wildman–Crippen MR) is 119 cm³/mol. The van der Waals surface area contributed by atoms with Crippen LogP contribution in [0.1, 0.15) is 12.5 Å². The van der Waals surface area contributed by atoms with Crippen LogP contribution in [0.25, 0.3) is 6.08 Å². The van der Waals surface area contributed by atoms with Gasteiger partial charge in [-0.25, -0.2) is 0 Å². The van der Waals surface area contributed by atoms with E-state index in [2.05, 4.69) is 5.32 Å². The third-order valence-corrected chi connectivity index (χ3v) is 5.24. The molecule has 3 rings (SSSR count). The summed E-state index contributed by atoms with van der Waals surface area (Å²) in [5, 5.41) is 13.0. The first-order valence-corrected chi connectivity index (χ1v) is 10.2. The fraction of sp³-hybridized carbons (Fsp3) is 0.190. The molecule has 10 nitrogen and oxygen atoms in total. The Morgan fingerprint density at radius 1 is 1.22 bits per heavy atom. The maximum Gasteiger partial charge on any atom is 0.294 e. The first kappa shape index (κ1) is 22.8. The minimum atomic E-state index is -0.671. The number of amides is 3. The highest BCUT2D eigenvalue weighted by atomic mass is 32.2. The van der Waals surface area contributed by atoms with Gasteiger partial charge >= 0.3 is 0 Å². The van der Waals surface area contributed by atoms with Crippen LogP contribution < -0.4 is 14.8 Å². The molecule has 0 bridgehead atoms. The Hall–Kier alpha value is -3.86. The molecule has 1 N–H and O–H groups in total. The van der Waals surface area contributed by atoms with Crippen LogP contribution in [0, 0.1) is 10.1 Å². The molecule has 1 saturated heterocycles. The number of nitrogens with one attached hydrogen (secondary N) is 1. The Balaban J connectivity index is 1.72. The molecule has 0 aromatic heterocycles. The van der Waals surface area contributed by atoms with Gasteiger partial charge in [-0.15, -0.1) is 0 Å². The maximum absolute atomic E-state index is 12.7. The first-order chi connectivity index (χ1) is 15.3. The van der Waals surface area contributed by atoms with E-state index in [1.807, 2.05) is 6.92 Å². The second kappa shape index (κ2) is 9.96. The van der Waals surface area contributed by atoms with E-state index in [-0.39, 0.29) is 16.2 Å². The Morgan fingerprint density at radius 2 is 1.94 bits per heavy atom. The molecule has 0 spiro atoms. The van der Waals surface area contributed by atoms with Gasteiger partial charge in [0.2, 0.25) is 5.91 Å². The van der Waals surface area contributed by atoms with Crippen molar-refractivity contribution in [1.82, 2.24) is 4.90 Å². The number of carbonyl (C=O) groups excluding carboxylic acids is 3. The highest BCUT2D eigenvalue weighted by Gasteiger charge is 2.36. The summed E-state index contributed by atoms with van der Waals surface area (Å²) in [4.78, 5) is 48.6. The van der Waals surface area contributed by atoms with E-state index in [0.29, 0.717) is 35.6 Å². The summed E-state index contributed by atoms with van der Waals surface area (Å²) in [6.07, 6.45) is 1.33. The van der Waals surface area contributed by atoms with Crippen molar-refractivity contribution in [2.75, 3.05) is 25.6 Å². The smallest absolute Gasteiger partial charge is 0.294 e. The van der Waals surface area contributed by atoms with Crippen molar-refractivity contribution < 1.29 is 28.8 Å². The average molecular weight is 457 g/mol. The number of nitrogens with zero attached hydrogens (tertiary/aromatic N) is 2. The van der Waals surface area contributed by atoms with Crippen molar-refractivity contribution >= 4 is 46.3 Å². The van der Waals surface area contributed by atoms with Crippen molar-refractivity contribution in [3.63, 3.8) is 0 Å². The van der Waals surface area contributed by atoms with Crippen LogP contribution in [0.5, 0.6) is 11.5 Å². The number of nitro benzene ring substituents is 1. The molecule has 0 unspecified atom stereocenters. The summed E-state index contributed by atoms with van der Waals surface area (Å²) in [5.74, 6) is -0.269. The van der Waals surface area contributed by atoms with Gasteiger partial charge in [0.15, 0.2) is 0 Å². The zero-order valence-electron chi connectivity index (χ0n) is 17.2. The topological polar surface area (TPSA) is 128 Å². The number of rotatable bonds is 8. The third-order valence-electron chi connectivity index (χ3n) is 4.34. The van der Waals surface area contributed by atoms with E-state index in [1.54, 1.807) is 24.3 Å². The molecular weight excluding hydrogens is 438 g/mol. The average Bonchev–Trinajstić information content (AvgIpc) is 3.02. The van der Waals surface area contributed by atoms with E-state index in [9.17, 15) is 24.5 Å². The van der Waals surface area contributed by atoms with Crippen LogP contribution in [-0.4, -0.2) is 47.1 Å². The molecule has 2 aromatic rings. The van der Waals surface area contributed by atoms with Crippen molar-refractivity contribution in [3.05, 3.63) is 63.0 Å². The monoisotopic (exact) mass is 457 g/mol. The van der Waals surface area contributed by atoms with Gasteiger partial charge in [-0.1, -0.05) is 0 Å². The third kappa shape index (κ3) is 5.24. The van der Waals surface area contributed by atoms with Crippen LogP contribution in [0.3, 0.4) is 0 Å². The highest BCUT2D eigenvalue weighted by molar-refractivity contribution is 8.18. The van der Waals surface area contributed by atoms with Gasteiger partial charge < -0.3 is 14.8 Å². The second-order valence-corrected chi connectivity index (χ2v) is 7.45. The number of thioether (sulfide) groups is 1. The number of non-ortho nitro benzene ring substituents is 1. The maximum atomic E-state index is 12.7. The lowest BCUT2D eigenvalue weighted by Crippen LogP contribution is -2.36. The molecule has 32 heavy (non-hydrogen) atoms. The van der Waals surface area contributed by atoms with Gasteiger partial charge in [0.1, 0.15) is 18.0 Å². The lowest BCUT2D eigenvalue weighted by atomic mass is 10.1. The number of imide groups is 1. The second-order valence-electron chi connectivity index (χ2n) is 6.46. The Kier molecular flexibility index (Phi) is 7.11. The molecule has 0 radical (unpaired) electrons. The van der Waals surface area contributed by atoms with Crippen LogP contribution in [0.2, 0.25) is 0 Å². The van der Waals surface area contributed by atoms with Crippen molar-refractivity contribution in [1.29, 1.82) is 0 Å². The van der Waals surface area contributed by atoms with Crippen LogP contribution in [-0.2, 0) is 9.59 Å². The number of benzene rings is 2. The molecule has 1 aliphatic rings. The van der Waals surface area contributed by atoms with Gasteiger partial charge in [0.25, 0.3) is 16.8 Å². The number of carbonyl (C=O) groups is 3. The number of ether oxygens (including phenoxy) is 2. The zero-order valence-corrected chi connectivity index (χ0v) is 18.0. The lowest BCUT2D eigenvalue weighted by molar-refractivity contribution is -0.384. The van der Waals surface area contributed by atoms with Crippen LogP contribution >= 0.6 is 11.8 Å². The number of anilines is 1. The largest absolute Gasteiger partial charge is 0.496 e. The van der Waals surface area contributed by atoms with Gasteiger partial charge in [0, 0.05) is 23.4 Å². The Morgan fingerprint density at radius 3 is 2.56 bits per heavy atom. The number of methoxy groups -OCH3 is 1. The van der Waals surface area contributed by atoms with E-state index >= 15 is 0 Å². The number of nitro groups is 1. The van der Waals surface area contributed by atoms with Crippen LogP contribution in [0.15, 0.2) is 47.4 Å². The molecule has 1 fully saturated rings. The standard InChI is InChI=1S/C21H19N3O7S/c1-3-31-16-7-4-14(5-8-16)22-19(25)12-23-20(26)18(32-21(23)27)11-13-10-15(24(28)29)6-9-17(13)30-2/h4-11H,3,12H2,1-2H3,(H,22,25)/b18-11+. The molecule has 1 heterocycles. The van der Waals surface area contributed by atoms with Gasteiger partial charge in [0.05, 0.1) is 23.5 Å². The molecule has 0 atom stereocenters. The van der Waals surface area contributed by atoms with E-state index in [4.69, 9.17) is 9.47 Å². The van der Waals surface area contributed by atoms with E-state index < -0.39 is 28.5 Å². The summed E-state index contributed by atoms with van der Waals surface area (Å²) in [6.45, 7) is 1.90. The van der Waals surface area contributed by atoms with Crippen molar-refractivity contribution in [2.45, 2.75) is 6.92 Å². The minimum Gasteiger partial charge on any atom is -0.496 e. The van der Waals surface area contributed by atoms with Crippen molar-refractivity contribution in [2.24, 2.45) is 0 Å². The van der Waals surface area contributed by atoms with Crippen molar-refractivity contribution in [3.8, 4) is 11.5 Å². The lowest BCUT2D eigenvalue weighted by Gasteiger charge is -2.13. The van der Waals surface area contributed by atoms with Crippen LogP contribution in [0.4, 0.5) is 16.2 Å². The fourth-order valence-electron chi connectivity index (χ4n) is 2.87. The fourth-order valence-corrected chi connectivity index (χ4v) is 3.70. The Bertz CT molecular complexity index is 1100. The van der Waals surface area contributed by atoms with Gasteiger partial charge in [-0.2, -0.15) is 0 Å². The summed E-state index contributed by atoms with van der Waals surface area (Å²) in [6, 6.07) is 10.6. The number of hydrogen-bond acceptors (Lipinski definition) is 8.